The van der Waals surface area contributed by atoms with E-state index in [2.05, 4.69) is 4.79 Å². The maximum atomic E-state index is 10.8. The zero-order chi connectivity index (χ0) is 7.84. The summed E-state index contributed by atoms with van der Waals surface area (Å²) < 4.78 is 0. The Morgan fingerprint density at radius 3 is 3.18 bits per heavy atom. The van der Waals surface area contributed by atoms with Crippen LogP contribution in [0.4, 0.5) is 0 Å². The van der Waals surface area contributed by atoms with Gasteiger partial charge in [-0.15, -0.1) is 0 Å². The van der Waals surface area contributed by atoms with E-state index in [0.717, 1.165) is 0 Å². The molecule has 0 bridgehead atoms. The molecular weight excluding hydrogens is 162 g/mol. The summed E-state index contributed by atoms with van der Waals surface area (Å²) in [5, 5.41) is 0.733. The Labute approximate surface area is 67.5 Å². The third-order valence-electron chi connectivity index (χ3n) is 1.68. The van der Waals surface area contributed by atoms with Crippen LogP contribution in [-0.2, 0) is 4.79 Å². The second-order valence-electron chi connectivity index (χ2n) is 2.33. The fourth-order valence-electron chi connectivity index (χ4n) is 1.06. The van der Waals surface area contributed by atoms with Gasteiger partial charge >= 0.3 is 5.04 Å². The molecule has 1 atom stereocenters. The standard InChI is InChI=1S/C6H5N3OS/c7-8-4-1-2-9-5(10)3-6(9)11-4/h1-2,6H,3H2/t6-/m1/s1. The fraction of sp³-hybridized carbons (Fsp3) is 0.333. The SMILES string of the molecule is [N-]=[N+]=C1C=CN2C(=O)C[C@H]2S1. The summed E-state index contributed by atoms with van der Waals surface area (Å²) in [6, 6.07) is 0. The Hall–Kier alpha value is -1.06. The van der Waals surface area contributed by atoms with E-state index in [0.29, 0.717) is 11.5 Å². The van der Waals surface area contributed by atoms with Gasteiger partial charge in [0.1, 0.15) is 5.37 Å². The molecule has 2 heterocycles. The van der Waals surface area contributed by atoms with Crippen molar-refractivity contribution in [2.24, 2.45) is 0 Å². The summed E-state index contributed by atoms with van der Waals surface area (Å²) in [5.74, 6) is 0.135. The van der Waals surface area contributed by atoms with Gasteiger partial charge in [-0.2, -0.15) is 4.79 Å². The number of hydrogen-bond acceptors (Lipinski definition) is 2. The molecule has 1 saturated heterocycles. The third-order valence-corrected chi connectivity index (χ3v) is 2.81. The molecule has 4 nitrogen and oxygen atoms in total. The topological polar surface area (TPSA) is 56.7 Å². The van der Waals surface area contributed by atoms with Crippen molar-refractivity contribution in [3.8, 4) is 0 Å². The Bertz CT molecular complexity index is 292. The molecule has 0 aromatic rings. The Morgan fingerprint density at radius 2 is 2.64 bits per heavy atom. The van der Waals surface area contributed by atoms with Crippen LogP contribution in [-0.4, -0.2) is 26.0 Å². The van der Waals surface area contributed by atoms with Crippen molar-refractivity contribution in [1.29, 1.82) is 0 Å². The summed E-state index contributed by atoms with van der Waals surface area (Å²) in [5.41, 5.74) is 8.40. The molecule has 0 aliphatic carbocycles. The minimum Gasteiger partial charge on any atom is -0.360 e. The van der Waals surface area contributed by atoms with Crippen molar-refractivity contribution in [2.45, 2.75) is 11.8 Å². The monoisotopic (exact) mass is 167 g/mol. The van der Waals surface area contributed by atoms with E-state index in [9.17, 15) is 4.79 Å². The number of fused-ring (bicyclic) bond motifs is 1. The van der Waals surface area contributed by atoms with E-state index in [1.165, 1.54) is 11.8 Å². The average Bonchev–Trinajstić information content (AvgIpc) is 2.02. The Morgan fingerprint density at radius 1 is 1.82 bits per heavy atom. The molecule has 0 N–H and O–H groups in total. The van der Waals surface area contributed by atoms with Crippen LogP contribution >= 0.6 is 11.8 Å². The minimum atomic E-state index is 0.135. The van der Waals surface area contributed by atoms with Crippen molar-refractivity contribution in [2.75, 3.05) is 0 Å². The molecule has 0 unspecified atom stereocenters. The van der Waals surface area contributed by atoms with E-state index in [1.807, 2.05) is 0 Å². The van der Waals surface area contributed by atoms with Gasteiger partial charge < -0.3 is 10.4 Å². The molecule has 56 valence electrons. The van der Waals surface area contributed by atoms with E-state index in [4.69, 9.17) is 5.53 Å². The number of rotatable bonds is 0. The zero-order valence-corrected chi connectivity index (χ0v) is 6.41. The first-order valence-corrected chi connectivity index (χ1v) is 4.07. The third kappa shape index (κ3) is 0.895. The highest BCUT2D eigenvalue weighted by molar-refractivity contribution is 8.14. The van der Waals surface area contributed by atoms with Crippen molar-refractivity contribution in [3.63, 3.8) is 0 Å². The Balaban J connectivity index is 2.24. The lowest BCUT2D eigenvalue weighted by Crippen LogP contribution is -2.49. The summed E-state index contributed by atoms with van der Waals surface area (Å²) in [6.45, 7) is 0. The molecule has 11 heavy (non-hydrogen) atoms. The van der Waals surface area contributed by atoms with Gasteiger partial charge in [-0.05, 0) is 11.8 Å². The van der Waals surface area contributed by atoms with Crippen molar-refractivity contribution in [3.05, 3.63) is 17.8 Å². The summed E-state index contributed by atoms with van der Waals surface area (Å²) >= 11 is 1.40. The molecule has 5 heteroatoms. The van der Waals surface area contributed by atoms with E-state index >= 15 is 0 Å². The molecule has 2 aliphatic rings. The van der Waals surface area contributed by atoms with Gasteiger partial charge in [0.2, 0.25) is 5.91 Å². The number of hydrogen-bond donors (Lipinski definition) is 0. The predicted molar refractivity (Wildman–Crippen MR) is 40.6 cm³/mol. The van der Waals surface area contributed by atoms with Crippen LogP contribution in [0.25, 0.3) is 5.53 Å². The minimum absolute atomic E-state index is 0.135. The van der Waals surface area contributed by atoms with Crippen molar-refractivity contribution in [1.82, 2.24) is 4.90 Å². The van der Waals surface area contributed by atoms with Gasteiger partial charge in [0.15, 0.2) is 0 Å². The summed E-state index contributed by atoms with van der Waals surface area (Å²) in [4.78, 5) is 15.5. The van der Waals surface area contributed by atoms with Gasteiger partial charge in [0, 0.05) is 6.20 Å². The molecule has 0 saturated carbocycles. The largest absolute Gasteiger partial charge is 0.360 e. The second kappa shape index (κ2) is 2.22. The lowest BCUT2D eigenvalue weighted by molar-refractivity contribution is -0.137. The number of β-lactam (4-membered cyclic amide) rings is 1. The molecule has 0 aromatic heterocycles. The van der Waals surface area contributed by atoms with E-state index in [1.54, 1.807) is 17.2 Å². The molecule has 2 aliphatic heterocycles. The lowest BCUT2D eigenvalue weighted by Gasteiger charge is -2.37. The molecule has 1 fully saturated rings. The van der Waals surface area contributed by atoms with Gasteiger partial charge in [0.05, 0.1) is 12.5 Å². The maximum absolute atomic E-state index is 10.8. The van der Waals surface area contributed by atoms with E-state index in [-0.39, 0.29) is 11.3 Å². The van der Waals surface area contributed by atoms with Crippen LogP contribution in [0, 0.1) is 0 Å². The van der Waals surface area contributed by atoms with Crippen molar-refractivity contribution >= 4 is 22.7 Å². The Kier molecular flexibility index (Phi) is 1.34. The maximum Gasteiger partial charge on any atom is 0.352 e. The number of amides is 1. The number of thioether (sulfide) groups is 1. The molecule has 0 aromatic carbocycles. The van der Waals surface area contributed by atoms with Crippen LogP contribution in [0.15, 0.2) is 12.3 Å². The fourth-order valence-corrected chi connectivity index (χ4v) is 2.05. The first-order valence-electron chi connectivity index (χ1n) is 3.19. The van der Waals surface area contributed by atoms with Crippen LogP contribution in [0.3, 0.4) is 0 Å². The van der Waals surface area contributed by atoms with Gasteiger partial charge in [-0.1, -0.05) is 0 Å². The van der Waals surface area contributed by atoms with Crippen LogP contribution in [0.1, 0.15) is 6.42 Å². The van der Waals surface area contributed by atoms with Gasteiger partial charge in [-0.3, -0.25) is 4.79 Å². The van der Waals surface area contributed by atoms with Crippen molar-refractivity contribution < 1.29 is 9.58 Å². The molecule has 0 radical (unpaired) electrons. The summed E-state index contributed by atoms with van der Waals surface area (Å²) in [6.07, 6.45) is 3.83. The second-order valence-corrected chi connectivity index (χ2v) is 3.53. The zero-order valence-electron chi connectivity index (χ0n) is 5.60. The number of carbonyl (C=O) groups excluding carboxylic acids is 1. The highest BCUT2D eigenvalue weighted by Crippen LogP contribution is 2.33. The van der Waals surface area contributed by atoms with E-state index < -0.39 is 0 Å². The first-order chi connectivity index (χ1) is 5.31. The molecule has 1 amide bonds. The molecular formula is C6H5N3OS. The quantitative estimate of drug-likeness (QED) is 0.298. The van der Waals surface area contributed by atoms with Crippen LogP contribution in [0.5, 0.6) is 0 Å². The van der Waals surface area contributed by atoms with Gasteiger partial charge in [0.25, 0.3) is 0 Å². The highest BCUT2D eigenvalue weighted by Gasteiger charge is 2.40. The number of carbonyl (C=O) groups is 1. The van der Waals surface area contributed by atoms with Crippen LogP contribution in [0.2, 0.25) is 0 Å². The summed E-state index contributed by atoms with van der Waals surface area (Å²) in [7, 11) is 0. The first kappa shape index (κ1) is 6.64. The normalized spacial score (nSPS) is 27.6. The highest BCUT2D eigenvalue weighted by atomic mass is 32.2. The van der Waals surface area contributed by atoms with Crippen LogP contribution < -0.4 is 0 Å². The predicted octanol–water partition coefficient (Wildman–Crippen LogP) is 0.434. The molecule has 0 spiro atoms. The number of nitrogens with zero attached hydrogens (tertiary/aromatic N) is 3. The smallest absolute Gasteiger partial charge is 0.352 e. The average molecular weight is 167 g/mol. The lowest BCUT2D eigenvalue weighted by atomic mass is 10.2. The molecule has 2 rings (SSSR count). The van der Waals surface area contributed by atoms with Gasteiger partial charge in [-0.25, -0.2) is 0 Å².